The van der Waals surface area contributed by atoms with Gasteiger partial charge >= 0.3 is 0 Å². The predicted molar refractivity (Wildman–Crippen MR) is 82.2 cm³/mol. The highest BCUT2D eigenvalue weighted by Gasteiger charge is 2.11. The van der Waals surface area contributed by atoms with Gasteiger partial charge in [0.25, 0.3) is 0 Å². The van der Waals surface area contributed by atoms with Crippen molar-refractivity contribution in [2.24, 2.45) is 0 Å². The summed E-state index contributed by atoms with van der Waals surface area (Å²) >= 11 is 0. The van der Waals surface area contributed by atoms with Crippen LogP contribution < -0.4 is 4.72 Å². The lowest BCUT2D eigenvalue weighted by atomic mass is 10.1. The van der Waals surface area contributed by atoms with Crippen molar-refractivity contribution in [3.05, 3.63) is 35.5 Å². The number of sulfonamides is 1. The molecule has 0 unspecified atom stereocenters. The third-order valence-corrected chi connectivity index (χ3v) is 3.43. The number of nitrogens with zero attached hydrogens (tertiary/aromatic N) is 1. The number of nitrogens with one attached hydrogen (secondary N) is 2. The molecule has 0 atom stereocenters. The molecule has 110 valence electrons. The first-order chi connectivity index (χ1) is 13.3. The second-order valence-electron chi connectivity index (χ2n) is 4.18. The van der Waals surface area contributed by atoms with Gasteiger partial charge in [-0.3, -0.25) is 0 Å². The Bertz CT molecular complexity index is 1030. The molecule has 0 aliphatic carbocycles. The third kappa shape index (κ3) is 3.59. The Labute approximate surface area is 134 Å². The van der Waals surface area contributed by atoms with Crippen LogP contribution in [-0.4, -0.2) is 45.8 Å². The molecule has 5 nitrogen and oxygen atoms in total. The first-order valence-corrected chi connectivity index (χ1v) is 7.14. The standard InChI is InChI=1S/C14H21N3O2S/c1-15-20(18,19)10-11-4-5-14-13(8-11)12(9-16-14)6-7-17(2)3/h4-5,8-9,15-16H,6-7,10H2,1-3H3/i1D3,2D3,7D2,10D2. The molecule has 0 aliphatic rings. The second-order valence-corrected chi connectivity index (χ2v) is 5.59. The van der Waals surface area contributed by atoms with Gasteiger partial charge in [0.1, 0.15) is 0 Å². The largest absolute Gasteiger partial charge is 0.361 e. The summed E-state index contributed by atoms with van der Waals surface area (Å²) in [6.07, 6.45) is 1.04. The molecule has 1 aromatic carbocycles. The van der Waals surface area contributed by atoms with Gasteiger partial charge in [0.05, 0.1) is 5.70 Å². The van der Waals surface area contributed by atoms with Crippen LogP contribution in [0.5, 0.6) is 0 Å². The number of benzene rings is 1. The average molecular weight is 305 g/mol. The minimum atomic E-state index is -4.95. The highest BCUT2D eigenvalue weighted by molar-refractivity contribution is 7.88. The minimum Gasteiger partial charge on any atom is -0.361 e. The molecule has 1 aromatic heterocycles. The van der Waals surface area contributed by atoms with Crippen molar-refractivity contribution in [3.8, 4) is 0 Å². The maximum absolute atomic E-state index is 12.3. The summed E-state index contributed by atoms with van der Waals surface area (Å²) in [7, 11) is -3.84. The predicted octanol–water partition coefficient (Wildman–Crippen LogP) is 1.32. The molecule has 6 heteroatoms. The molecule has 1 heterocycles. The van der Waals surface area contributed by atoms with E-state index in [0.717, 1.165) is 7.05 Å². The van der Waals surface area contributed by atoms with Gasteiger partial charge in [-0.15, -0.1) is 0 Å². The molecule has 0 saturated carbocycles. The monoisotopic (exact) mass is 305 g/mol. The fourth-order valence-corrected chi connectivity index (χ4v) is 2.26. The Balaban J connectivity index is 2.49. The summed E-state index contributed by atoms with van der Waals surface area (Å²) in [6.45, 7) is -8.09. The number of likely N-dealkylation sites (N-methyl/N-ethyl adjacent to an activating group) is 1. The Morgan fingerprint density at radius 3 is 3.10 bits per heavy atom. The minimum absolute atomic E-state index is 0.281. The lowest BCUT2D eigenvalue weighted by Crippen LogP contribution is -2.20. The molecule has 0 amide bonds. The van der Waals surface area contributed by atoms with Crippen LogP contribution in [0.1, 0.15) is 24.8 Å². The van der Waals surface area contributed by atoms with Crippen molar-refractivity contribution >= 4 is 20.9 Å². The number of fused-ring (bicyclic) bond motifs is 1. The first-order valence-electron chi connectivity index (χ1n) is 10.7. The van der Waals surface area contributed by atoms with Crippen LogP contribution in [0.3, 0.4) is 0 Å². The number of H-pyrrole nitrogens is 1. The molecule has 2 N–H and O–H groups in total. The van der Waals surface area contributed by atoms with Gasteiger partial charge in [-0.2, -0.15) is 0 Å². The lowest BCUT2D eigenvalue weighted by Gasteiger charge is -2.08. The van der Waals surface area contributed by atoms with Crippen molar-refractivity contribution in [1.82, 2.24) is 14.6 Å². The Morgan fingerprint density at radius 1 is 1.50 bits per heavy atom. The quantitative estimate of drug-likeness (QED) is 0.846. The molecule has 2 aromatic rings. The molecule has 0 aliphatic heterocycles. The van der Waals surface area contributed by atoms with Crippen molar-refractivity contribution in [2.75, 3.05) is 27.5 Å². The van der Waals surface area contributed by atoms with Crippen LogP contribution in [0, 0.1) is 0 Å². The molecule has 0 bridgehead atoms. The van der Waals surface area contributed by atoms with Gasteiger partial charge in [0, 0.05) is 37.3 Å². The van der Waals surface area contributed by atoms with Crippen molar-refractivity contribution in [3.63, 3.8) is 0 Å². The molecule has 0 spiro atoms. The molecule has 2 rings (SSSR count). The normalized spacial score (nSPS) is 22.5. The van der Waals surface area contributed by atoms with Crippen LogP contribution in [0.25, 0.3) is 10.9 Å². The fraction of sp³-hybridized carbons (Fsp3) is 0.429. The maximum atomic E-state index is 12.3. The molecule has 20 heavy (non-hydrogen) atoms. The fourth-order valence-electron chi connectivity index (χ4n) is 1.77. The SMILES string of the molecule is [2H]C([2H])([2H])NS(=O)(=O)C([2H])([2H])c1ccc2[nH]cc(CC([2H])([2H])N(C)C([2H])([2H])[2H])c2c1. The number of rotatable bonds is 6. The van der Waals surface area contributed by atoms with Gasteiger partial charge < -0.3 is 9.88 Å². The first kappa shape index (κ1) is 6.60. The summed E-state index contributed by atoms with van der Waals surface area (Å²) in [5.74, 6) is 0. The molecular formula is C14H21N3O2S. The number of hydrogen-bond acceptors (Lipinski definition) is 3. The van der Waals surface area contributed by atoms with Crippen molar-refractivity contribution in [1.29, 1.82) is 0 Å². The van der Waals surface area contributed by atoms with Crippen LogP contribution in [0.4, 0.5) is 0 Å². The summed E-state index contributed by atoms with van der Waals surface area (Å²) in [5, 5.41) is 0.281. The van der Waals surface area contributed by atoms with Crippen LogP contribution in [0.2, 0.25) is 0 Å². The number of aryl methyl sites for hydroxylation is 1. The smallest absolute Gasteiger partial charge is 0.215 e. The van der Waals surface area contributed by atoms with E-state index in [1.165, 1.54) is 29.1 Å². The zero-order valence-electron chi connectivity index (χ0n) is 20.7. The van der Waals surface area contributed by atoms with Gasteiger partial charge in [-0.25, -0.2) is 13.1 Å². The summed E-state index contributed by atoms with van der Waals surface area (Å²) < 4.78 is 101. The van der Waals surface area contributed by atoms with Crippen molar-refractivity contribution in [2.45, 2.75) is 12.1 Å². The van der Waals surface area contributed by atoms with E-state index in [1.807, 2.05) is 0 Å². The highest BCUT2D eigenvalue weighted by atomic mass is 32.2. The van der Waals surface area contributed by atoms with Crippen molar-refractivity contribution < 1.29 is 22.1 Å². The number of hydrogen-bond donors (Lipinski definition) is 2. The van der Waals surface area contributed by atoms with E-state index < -0.39 is 36.2 Å². The summed E-state index contributed by atoms with van der Waals surface area (Å²) in [5.41, 5.74) is -2.72. The van der Waals surface area contributed by atoms with E-state index in [4.69, 9.17) is 13.7 Å². The van der Waals surface area contributed by atoms with E-state index in [2.05, 4.69) is 4.98 Å². The zero-order valence-corrected chi connectivity index (χ0v) is 11.5. The Kier molecular flexibility index (Phi) is 1.96. The Hall–Kier alpha value is -1.37. The average Bonchev–Trinajstić information content (AvgIpc) is 2.92. The van der Waals surface area contributed by atoms with Crippen LogP contribution >= 0.6 is 0 Å². The lowest BCUT2D eigenvalue weighted by molar-refractivity contribution is 0.414. The maximum Gasteiger partial charge on any atom is 0.215 e. The topological polar surface area (TPSA) is 65.2 Å². The van der Waals surface area contributed by atoms with Crippen LogP contribution in [-0.2, 0) is 22.1 Å². The van der Waals surface area contributed by atoms with E-state index in [1.54, 1.807) is 0 Å². The van der Waals surface area contributed by atoms with E-state index in [9.17, 15) is 8.42 Å². The molecule has 0 radical (unpaired) electrons. The van der Waals surface area contributed by atoms with E-state index in [-0.39, 0.29) is 17.4 Å². The summed E-state index contributed by atoms with van der Waals surface area (Å²) in [6, 6.07) is 3.72. The third-order valence-electron chi connectivity index (χ3n) is 2.66. The molecule has 0 fully saturated rings. The van der Waals surface area contributed by atoms with Gasteiger partial charge in [-0.05, 0) is 50.7 Å². The van der Waals surface area contributed by atoms with E-state index in [0.29, 0.717) is 16.0 Å². The van der Waals surface area contributed by atoms with Crippen LogP contribution in [0.15, 0.2) is 24.4 Å². The van der Waals surface area contributed by atoms with Gasteiger partial charge in [-0.1, -0.05) is 6.07 Å². The number of aromatic amines is 1. The zero-order chi connectivity index (χ0) is 23.3. The number of aromatic nitrogens is 1. The highest BCUT2D eigenvalue weighted by Crippen LogP contribution is 2.21. The van der Waals surface area contributed by atoms with E-state index >= 15 is 0 Å². The molecule has 0 saturated heterocycles. The Morgan fingerprint density at radius 2 is 2.35 bits per heavy atom. The van der Waals surface area contributed by atoms with Gasteiger partial charge in [0.15, 0.2) is 0 Å². The summed E-state index contributed by atoms with van der Waals surface area (Å²) in [4.78, 5) is 3.43. The molecular weight excluding hydrogens is 274 g/mol. The second kappa shape index (κ2) is 5.95. The van der Waals surface area contributed by atoms with Gasteiger partial charge in [0.2, 0.25) is 10.0 Å².